The molecule has 1 aromatic heterocycles. The minimum Gasteiger partial charge on any atom is -0.457 e. The van der Waals surface area contributed by atoms with Gasteiger partial charge in [0.2, 0.25) is 0 Å². The highest BCUT2D eigenvalue weighted by molar-refractivity contribution is 8.18. The first kappa shape index (κ1) is 17.3. The van der Waals surface area contributed by atoms with E-state index in [0.717, 1.165) is 22.7 Å². The molecule has 0 N–H and O–H groups in total. The van der Waals surface area contributed by atoms with Crippen LogP contribution in [-0.4, -0.2) is 22.6 Å². The highest BCUT2D eigenvalue weighted by Crippen LogP contribution is 2.38. The summed E-state index contributed by atoms with van der Waals surface area (Å²) < 4.78 is 44.7. The number of benzene rings is 1. The van der Waals surface area contributed by atoms with Gasteiger partial charge in [0.25, 0.3) is 11.1 Å². The van der Waals surface area contributed by atoms with Gasteiger partial charge in [-0.3, -0.25) is 14.5 Å². The Morgan fingerprint density at radius 1 is 1.16 bits per heavy atom. The Balaban J connectivity index is 1.94. The lowest BCUT2D eigenvalue weighted by Crippen LogP contribution is -2.27. The van der Waals surface area contributed by atoms with Crippen LogP contribution in [0.25, 0.3) is 17.4 Å². The highest BCUT2D eigenvalue weighted by Gasteiger charge is 2.35. The van der Waals surface area contributed by atoms with Crippen LogP contribution in [0.3, 0.4) is 0 Å². The lowest BCUT2D eigenvalue weighted by molar-refractivity contribution is -0.137. The van der Waals surface area contributed by atoms with Gasteiger partial charge in [0.1, 0.15) is 11.5 Å². The number of hydrogen-bond acceptors (Lipinski definition) is 4. The summed E-state index contributed by atoms with van der Waals surface area (Å²) in [7, 11) is 0. The Hall–Kier alpha value is -2.48. The van der Waals surface area contributed by atoms with E-state index in [4.69, 9.17) is 4.42 Å². The fraction of sp³-hybridized carbons (Fsp3) is 0.176. The molecule has 1 aliphatic heterocycles. The normalized spacial score (nSPS) is 17.0. The predicted octanol–water partition coefficient (Wildman–Crippen LogP) is 5.02. The molecule has 2 aromatic rings. The van der Waals surface area contributed by atoms with Gasteiger partial charge in [0, 0.05) is 18.2 Å². The van der Waals surface area contributed by atoms with Crippen molar-refractivity contribution in [1.82, 2.24) is 4.90 Å². The largest absolute Gasteiger partial charge is 0.457 e. The third kappa shape index (κ3) is 3.34. The van der Waals surface area contributed by atoms with E-state index in [0.29, 0.717) is 0 Å². The molecular formula is C17H12F3NO3S. The summed E-state index contributed by atoms with van der Waals surface area (Å²) in [5.74, 6) is -0.200. The molecule has 8 heteroatoms. The van der Waals surface area contributed by atoms with Crippen LogP contribution in [0.15, 0.2) is 45.7 Å². The lowest BCUT2D eigenvalue weighted by Gasteiger charge is -2.10. The van der Waals surface area contributed by atoms with Crippen LogP contribution >= 0.6 is 11.8 Å². The zero-order valence-electron chi connectivity index (χ0n) is 13.0. The summed E-state index contributed by atoms with van der Waals surface area (Å²) in [6, 6.07) is 7.94. The number of nitrogens with zero attached hydrogens (tertiary/aromatic N) is 1. The summed E-state index contributed by atoms with van der Waals surface area (Å²) in [4.78, 5) is 25.0. The van der Waals surface area contributed by atoms with Crippen molar-refractivity contribution < 1.29 is 27.2 Å². The Kier molecular flexibility index (Phi) is 4.47. The molecule has 0 unspecified atom stereocenters. The number of carbonyl (C=O) groups excluding carboxylic acids is 2. The summed E-state index contributed by atoms with van der Waals surface area (Å²) in [5.41, 5.74) is -0.890. The number of furan rings is 1. The SMILES string of the molecule is CCN1C(=O)S/C(=C/c2ccc(-c3ccccc3C(F)(F)F)o2)C1=O. The van der Waals surface area contributed by atoms with Gasteiger partial charge in [-0.2, -0.15) is 13.2 Å². The maximum Gasteiger partial charge on any atom is 0.417 e. The summed E-state index contributed by atoms with van der Waals surface area (Å²) in [5, 5.41) is -0.382. The number of carbonyl (C=O) groups is 2. The van der Waals surface area contributed by atoms with Crippen molar-refractivity contribution in [2.45, 2.75) is 13.1 Å². The van der Waals surface area contributed by atoms with Crippen molar-refractivity contribution in [3.05, 3.63) is 52.6 Å². The molecule has 2 heterocycles. The zero-order chi connectivity index (χ0) is 18.2. The van der Waals surface area contributed by atoms with Crippen molar-refractivity contribution in [3.63, 3.8) is 0 Å². The summed E-state index contributed by atoms with van der Waals surface area (Å²) >= 11 is 0.772. The van der Waals surface area contributed by atoms with Gasteiger partial charge < -0.3 is 4.42 Å². The van der Waals surface area contributed by atoms with Gasteiger partial charge in [-0.1, -0.05) is 18.2 Å². The average molecular weight is 367 g/mol. The first-order valence-electron chi connectivity index (χ1n) is 7.33. The number of rotatable bonds is 3. The fourth-order valence-electron chi connectivity index (χ4n) is 2.42. The van der Waals surface area contributed by atoms with Crippen LogP contribution in [0.5, 0.6) is 0 Å². The second-order valence-electron chi connectivity index (χ2n) is 5.17. The summed E-state index contributed by atoms with van der Waals surface area (Å²) in [6.45, 7) is 1.93. The number of halogens is 3. The second kappa shape index (κ2) is 6.44. The molecule has 1 aliphatic rings. The van der Waals surface area contributed by atoms with Gasteiger partial charge in [-0.05, 0) is 36.9 Å². The first-order valence-corrected chi connectivity index (χ1v) is 8.14. The third-order valence-electron chi connectivity index (χ3n) is 3.59. The van der Waals surface area contributed by atoms with E-state index in [2.05, 4.69) is 0 Å². The minimum atomic E-state index is -4.51. The van der Waals surface area contributed by atoms with Crippen molar-refractivity contribution >= 4 is 29.0 Å². The molecule has 0 spiro atoms. The van der Waals surface area contributed by atoms with Crippen molar-refractivity contribution in [2.75, 3.05) is 6.54 Å². The number of imide groups is 1. The Labute approximate surface area is 145 Å². The summed E-state index contributed by atoms with van der Waals surface area (Å²) in [6.07, 6.45) is -3.15. The van der Waals surface area contributed by atoms with E-state index < -0.39 is 17.6 Å². The Morgan fingerprint density at radius 3 is 2.52 bits per heavy atom. The van der Waals surface area contributed by atoms with E-state index in [1.165, 1.54) is 36.4 Å². The van der Waals surface area contributed by atoms with Gasteiger partial charge >= 0.3 is 6.18 Å². The quantitative estimate of drug-likeness (QED) is 0.715. The molecule has 4 nitrogen and oxygen atoms in total. The van der Waals surface area contributed by atoms with Gasteiger partial charge in [0.05, 0.1) is 10.5 Å². The van der Waals surface area contributed by atoms with E-state index in [1.54, 1.807) is 6.92 Å². The van der Waals surface area contributed by atoms with Gasteiger partial charge in [-0.15, -0.1) is 0 Å². The number of alkyl halides is 3. The van der Waals surface area contributed by atoms with Crippen molar-refractivity contribution in [1.29, 1.82) is 0 Å². The number of amides is 2. The van der Waals surface area contributed by atoms with E-state index in [-0.39, 0.29) is 33.8 Å². The molecule has 130 valence electrons. The lowest BCUT2D eigenvalue weighted by atomic mass is 10.1. The van der Waals surface area contributed by atoms with Crippen LogP contribution in [0.4, 0.5) is 18.0 Å². The fourth-order valence-corrected chi connectivity index (χ4v) is 3.31. The monoisotopic (exact) mass is 367 g/mol. The smallest absolute Gasteiger partial charge is 0.417 e. The highest BCUT2D eigenvalue weighted by atomic mass is 32.2. The first-order chi connectivity index (χ1) is 11.8. The molecule has 0 saturated carbocycles. The molecule has 0 atom stereocenters. The molecule has 0 bridgehead atoms. The van der Waals surface area contributed by atoms with E-state index in [1.807, 2.05) is 0 Å². The maximum absolute atomic E-state index is 13.1. The molecule has 1 saturated heterocycles. The standard InChI is InChI=1S/C17H12F3NO3S/c1-2-21-15(22)14(25-16(21)23)9-10-7-8-13(24-10)11-5-3-4-6-12(11)17(18,19)20/h3-9H,2H2,1H3/b14-9+. The van der Waals surface area contributed by atoms with Gasteiger partial charge in [-0.25, -0.2) is 0 Å². The van der Waals surface area contributed by atoms with Crippen LogP contribution in [0, 0.1) is 0 Å². The molecule has 3 rings (SSSR count). The second-order valence-corrected chi connectivity index (χ2v) is 6.16. The van der Waals surface area contributed by atoms with Crippen LogP contribution in [0.2, 0.25) is 0 Å². The van der Waals surface area contributed by atoms with Crippen LogP contribution in [-0.2, 0) is 11.0 Å². The Bertz CT molecular complexity index is 870. The molecule has 0 aliphatic carbocycles. The molecule has 25 heavy (non-hydrogen) atoms. The van der Waals surface area contributed by atoms with Crippen LogP contribution < -0.4 is 0 Å². The van der Waals surface area contributed by atoms with E-state index in [9.17, 15) is 22.8 Å². The number of likely N-dealkylation sites (N-methyl/N-ethyl adjacent to an activating group) is 1. The van der Waals surface area contributed by atoms with Crippen molar-refractivity contribution in [2.24, 2.45) is 0 Å². The molecule has 1 aromatic carbocycles. The topological polar surface area (TPSA) is 50.5 Å². The maximum atomic E-state index is 13.1. The third-order valence-corrected chi connectivity index (χ3v) is 4.50. The zero-order valence-corrected chi connectivity index (χ0v) is 13.8. The molecule has 1 fully saturated rings. The molecule has 0 radical (unpaired) electrons. The van der Waals surface area contributed by atoms with Crippen LogP contribution in [0.1, 0.15) is 18.2 Å². The minimum absolute atomic E-state index is 0.0360. The molecular weight excluding hydrogens is 355 g/mol. The van der Waals surface area contributed by atoms with Crippen molar-refractivity contribution in [3.8, 4) is 11.3 Å². The molecule has 2 amide bonds. The predicted molar refractivity (Wildman–Crippen MR) is 87.5 cm³/mol. The average Bonchev–Trinajstić information content (AvgIpc) is 3.12. The Morgan fingerprint density at radius 2 is 1.88 bits per heavy atom. The van der Waals surface area contributed by atoms with E-state index >= 15 is 0 Å². The van der Waals surface area contributed by atoms with Gasteiger partial charge in [0.15, 0.2) is 0 Å². The number of hydrogen-bond donors (Lipinski definition) is 0. The number of thioether (sulfide) groups is 1.